The summed E-state index contributed by atoms with van der Waals surface area (Å²) in [6.07, 6.45) is 8.61. The minimum Gasteiger partial charge on any atom is -0.309 e. The van der Waals surface area contributed by atoms with Crippen molar-refractivity contribution in [2.45, 2.75) is 51.5 Å². The zero-order valence-electron chi connectivity index (χ0n) is 10.1. The second kappa shape index (κ2) is 6.36. The lowest BCUT2D eigenvalue weighted by molar-refractivity contribution is 0.454. The predicted octanol–water partition coefficient (Wildman–Crippen LogP) is 3.76. The van der Waals surface area contributed by atoms with Gasteiger partial charge < -0.3 is 5.32 Å². The van der Waals surface area contributed by atoms with E-state index in [1.54, 1.807) is 11.3 Å². The van der Waals surface area contributed by atoms with Crippen LogP contribution >= 0.6 is 11.3 Å². The Balaban J connectivity index is 1.57. The molecule has 1 aromatic heterocycles. The highest BCUT2D eigenvalue weighted by Crippen LogP contribution is 2.28. The summed E-state index contributed by atoms with van der Waals surface area (Å²) in [5.74, 6) is 1.02. The van der Waals surface area contributed by atoms with Crippen LogP contribution < -0.4 is 5.32 Å². The van der Waals surface area contributed by atoms with Gasteiger partial charge in [-0.05, 0) is 32.2 Å². The van der Waals surface area contributed by atoms with Crippen molar-refractivity contribution in [2.75, 3.05) is 6.54 Å². The molecule has 0 amide bonds. The lowest BCUT2D eigenvalue weighted by Gasteiger charge is -2.13. The van der Waals surface area contributed by atoms with Crippen molar-refractivity contribution in [1.29, 1.82) is 0 Å². The third-order valence-electron chi connectivity index (χ3n) is 3.61. The maximum Gasteiger partial charge on any atom is 0.0795 e. The monoisotopic (exact) mass is 238 g/mol. The maximum absolute atomic E-state index is 4.33. The molecule has 1 aliphatic rings. The quantitative estimate of drug-likeness (QED) is 0.763. The number of hydrogen-bond acceptors (Lipinski definition) is 3. The van der Waals surface area contributed by atoms with Gasteiger partial charge in [0, 0.05) is 11.4 Å². The molecular weight excluding hydrogens is 216 g/mol. The molecule has 16 heavy (non-hydrogen) atoms. The first-order valence-electron chi connectivity index (χ1n) is 6.47. The van der Waals surface area contributed by atoms with Crippen LogP contribution in [0.2, 0.25) is 0 Å². The van der Waals surface area contributed by atoms with Gasteiger partial charge in [-0.15, -0.1) is 11.3 Å². The molecule has 0 saturated heterocycles. The first-order valence-corrected chi connectivity index (χ1v) is 7.42. The molecule has 1 fully saturated rings. The SMILES string of the molecule is CC(NCCCC1CCCC1)c1cscn1. The molecule has 1 saturated carbocycles. The highest BCUT2D eigenvalue weighted by atomic mass is 32.1. The molecule has 1 aliphatic carbocycles. The van der Waals surface area contributed by atoms with Crippen LogP contribution in [0.1, 0.15) is 57.2 Å². The molecule has 90 valence electrons. The first kappa shape index (κ1) is 12.1. The average molecular weight is 238 g/mol. The Bertz CT molecular complexity index is 278. The van der Waals surface area contributed by atoms with Crippen molar-refractivity contribution in [2.24, 2.45) is 5.92 Å². The third-order valence-corrected chi connectivity index (χ3v) is 4.21. The second-order valence-corrected chi connectivity index (χ2v) is 5.60. The Labute approximate surface area is 102 Å². The summed E-state index contributed by atoms with van der Waals surface area (Å²) in [5, 5.41) is 5.69. The van der Waals surface area contributed by atoms with Crippen molar-refractivity contribution < 1.29 is 0 Å². The Morgan fingerprint density at radius 1 is 1.50 bits per heavy atom. The minimum atomic E-state index is 0.412. The molecule has 3 heteroatoms. The Hall–Kier alpha value is -0.410. The fourth-order valence-electron chi connectivity index (χ4n) is 2.55. The fraction of sp³-hybridized carbons (Fsp3) is 0.769. The van der Waals surface area contributed by atoms with Crippen molar-refractivity contribution >= 4 is 11.3 Å². The average Bonchev–Trinajstić information content (AvgIpc) is 2.96. The van der Waals surface area contributed by atoms with Crippen molar-refractivity contribution in [1.82, 2.24) is 10.3 Å². The van der Waals surface area contributed by atoms with Crippen LogP contribution in [0.3, 0.4) is 0 Å². The van der Waals surface area contributed by atoms with Crippen LogP contribution in [-0.2, 0) is 0 Å². The predicted molar refractivity (Wildman–Crippen MR) is 69.7 cm³/mol. The summed E-state index contributed by atoms with van der Waals surface area (Å²) in [4.78, 5) is 4.33. The van der Waals surface area contributed by atoms with E-state index in [0.29, 0.717) is 6.04 Å². The highest BCUT2D eigenvalue weighted by molar-refractivity contribution is 7.07. The standard InChI is InChI=1S/C13H22N2S/c1-11(13-9-16-10-15-13)14-8-4-7-12-5-2-3-6-12/h9-12,14H,2-8H2,1H3. The first-order chi connectivity index (χ1) is 7.86. The van der Waals surface area contributed by atoms with Crippen molar-refractivity contribution in [3.63, 3.8) is 0 Å². The van der Waals surface area contributed by atoms with Gasteiger partial charge in [-0.25, -0.2) is 4.98 Å². The van der Waals surface area contributed by atoms with Crippen LogP contribution in [0, 0.1) is 5.92 Å². The normalized spacial score (nSPS) is 19.1. The summed E-state index contributed by atoms with van der Waals surface area (Å²) < 4.78 is 0. The van der Waals surface area contributed by atoms with Crippen molar-refractivity contribution in [3.8, 4) is 0 Å². The fourth-order valence-corrected chi connectivity index (χ4v) is 3.20. The molecule has 1 heterocycles. The molecule has 2 rings (SSSR count). The molecule has 1 unspecified atom stereocenters. The van der Waals surface area contributed by atoms with Crippen LogP contribution in [0.15, 0.2) is 10.9 Å². The van der Waals surface area contributed by atoms with Crippen LogP contribution in [0.25, 0.3) is 0 Å². The van der Waals surface area contributed by atoms with E-state index in [2.05, 4.69) is 22.6 Å². The Kier molecular flexibility index (Phi) is 4.79. The molecule has 0 aliphatic heterocycles. The van der Waals surface area contributed by atoms with Crippen molar-refractivity contribution in [3.05, 3.63) is 16.6 Å². The molecule has 1 aromatic rings. The third kappa shape index (κ3) is 3.56. The van der Waals surface area contributed by atoms with E-state index in [9.17, 15) is 0 Å². The molecule has 0 radical (unpaired) electrons. The minimum absolute atomic E-state index is 0.412. The topological polar surface area (TPSA) is 24.9 Å². The van der Waals surface area contributed by atoms with E-state index in [-0.39, 0.29) is 0 Å². The van der Waals surface area contributed by atoms with E-state index >= 15 is 0 Å². The summed E-state index contributed by atoms with van der Waals surface area (Å²) in [6.45, 7) is 3.33. The van der Waals surface area contributed by atoms with Crippen LogP contribution in [0.5, 0.6) is 0 Å². The lowest BCUT2D eigenvalue weighted by atomic mass is 10.0. The van der Waals surface area contributed by atoms with E-state index in [0.717, 1.165) is 12.5 Å². The van der Waals surface area contributed by atoms with Gasteiger partial charge in [-0.3, -0.25) is 0 Å². The number of nitrogens with one attached hydrogen (secondary N) is 1. The van der Waals surface area contributed by atoms with Gasteiger partial charge in [-0.1, -0.05) is 25.7 Å². The van der Waals surface area contributed by atoms with E-state index < -0.39 is 0 Å². The van der Waals surface area contributed by atoms with Gasteiger partial charge in [0.05, 0.1) is 11.2 Å². The molecule has 0 spiro atoms. The van der Waals surface area contributed by atoms with Gasteiger partial charge in [0.1, 0.15) is 0 Å². The second-order valence-electron chi connectivity index (χ2n) is 4.88. The maximum atomic E-state index is 4.33. The van der Waals surface area contributed by atoms with E-state index in [4.69, 9.17) is 0 Å². The van der Waals surface area contributed by atoms with E-state index in [1.165, 1.54) is 44.2 Å². The zero-order chi connectivity index (χ0) is 11.2. The largest absolute Gasteiger partial charge is 0.309 e. The number of nitrogens with zero attached hydrogens (tertiary/aromatic N) is 1. The van der Waals surface area contributed by atoms with Crippen LogP contribution in [0.4, 0.5) is 0 Å². The summed E-state index contributed by atoms with van der Waals surface area (Å²) in [5.41, 5.74) is 3.09. The molecule has 2 nitrogen and oxygen atoms in total. The van der Waals surface area contributed by atoms with Gasteiger partial charge in [0.2, 0.25) is 0 Å². The zero-order valence-corrected chi connectivity index (χ0v) is 10.9. The summed E-state index contributed by atoms with van der Waals surface area (Å²) in [6, 6.07) is 0.412. The lowest BCUT2D eigenvalue weighted by Crippen LogP contribution is -2.20. The molecule has 0 bridgehead atoms. The van der Waals surface area contributed by atoms with Gasteiger partial charge >= 0.3 is 0 Å². The van der Waals surface area contributed by atoms with E-state index in [1.807, 2.05) is 5.51 Å². The van der Waals surface area contributed by atoms with Crippen LogP contribution in [-0.4, -0.2) is 11.5 Å². The number of hydrogen-bond donors (Lipinski definition) is 1. The summed E-state index contributed by atoms with van der Waals surface area (Å²) >= 11 is 1.68. The number of aromatic nitrogens is 1. The van der Waals surface area contributed by atoms with Gasteiger partial charge in [-0.2, -0.15) is 0 Å². The molecule has 1 N–H and O–H groups in total. The molecular formula is C13H22N2S. The number of thiazole rings is 1. The highest BCUT2D eigenvalue weighted by Gasteiger charge is 2.14. The number of rotatable bonds is 6. The molecule has 1 atom stereocenters. The van der Waals surface area contributed by atoms with Gasteiger partial charge in [0.15, 0.2) is 0 Å². The smallest absolute Gasteiger partial charge is 0.0795 e. The Morgan fingerprint density at radius 2 is 2.31 bits per heavy atom. The Morgan fingerprint density at radius 3 is 3.00 bits per heavy atom. The summed E-state index contributed by atoms with van der Waals surface area (Å²) in [7, 11) is 0. The van der Waals surface area contributed by atoms with Gasteiger partial charge in [0.25, 0.3) is 0 Å². The molecule has 0 aromatic carbocycles.